The van der Waals surface area contributed by atoms with Crippen LogP contribution in [0.15, 0.2) is 24.3 Å². The van der Waals surface area contributed by atoms with Crippen molar-refractivity contribution < 1.29 is 9.59 Å². The summed E-state index contributed by atoms with van der Waals surface area (Å²) < 4.78 is 0. The van der Waals surface area contributed by atoms with E-state index in [1.807, 2.05) is 0 Å². The Morgan fingerprint density at radius 1 is 1.36 bits per heavy atom. The van der Waals surface area contributed by atoms with Gasteiger partial charge in [-0.25, -0.2) is 0 Å². The van der Waals surface area contributed by atoms with E-state index in [9.17, 15) is 9.59 Å². The highest BCUT2D eigenvalue weighted by atomic mass is 35.5. The van der Waals surface area contributed by atoms with Gasteiger partial charge >= 0.3 is 0 Å². The molecule has 0 fully saturated rings. The first-order chi connectivity index (χ1) is 6.61. The SMILES string of the molecule is CC(=O)NCc1ccccc1C(=O)Cl. The number of carbonyl (C=O) groups excluding carboxylic acids is 2. The molecule has 0 aliphatic rings. The molecule has 0 atom stereocenters. The Balaban J connectivity index is 2.84. The van der Waals surface area contributed by atoms with Crippen molar-refractivity contribution >= 4 is 22.8 Å². The number of hydrogen-bond donors (Lipinski definition) is 1. The molecule has 1 aromatic carbocycles. The molecule has 14 heavy (non-hydrogen) atoms. The molecule has 74 valence electrons. The maximum Gasteiger partial charge on any atom is 0.252 e. The molecule has 0 spiro atoms. The van der Waals surface area contributed by atoms with Crippen LogP contribution in [-0.4, -0.2) is 11.1 Å². The molecular weight excluding hydrogens is 202 g/mol. The van der Waals surface area contributed by atoms with E-state index < -0.39 is 5.24 Å². The molecule has 0 aliphatic carbocycles. The van der Waals surface area contributed by atoms with Crippen LogP contribution >= 0.6 is 11.6 Å². The summed E-state index contributed by atoms with van der Waals surface area (Å²) in [6.07, 6.45) is 0. The first-order valence-corrected chi connectivity index (χ1v) is 4.51. The van der Waals surface area contributed by atoms with Crippen LogP contribution in [0.3, 0.4) is 0 Å². The molecule has 0 aliphatic heterocycles. The lowest BCUT2D eigenvalue weighted by atomic mass is 10.1. The van der Waals surface area contributed by atoms with Gasteiger partial charge in [0.25, 0.3) is 5.24 Å². The van der Waals surface area contributed by atoms with Gasteiger partial charge in [-0.1, -0.05) is 18.2 Å². The predicted octanol–water partition coefficient (Wildman–Crippen LogP) is 1.70. The Morgan fingerprint density at radius 3 is 2.57 bits per heavy atom. The highest BCUT2D eigenvalue weighted by Crippen LogP contribution is 2.11. The van der Waals surface area contributed by atoms with Gasteiger partial charge in [0.1, 0.15) is 0 Å². The van der Waals surface area contributed by atoms with E-state index in [1.165, 1.54) is 6.92 Å². The van der Waals surface area contributed by atoms with Gasteiger partial charge in [0, 0.05) is 19.0 Å². The summed E-state index contributed by atoms with van der Waals surface area (Å²) in [6, 6.07) is 6.91. The van der Waals surface area contributed by atoms with Crippen LogP contribution in [0.1, 0.15) is 22.8 Å². The molecule has 1 rings (SSSR count). The fourth-order valence-corrected chi connectivity index (χ4v) is 1.27. The van der Waals surface area contributed by atoms with Crippen molar-refractivity contribution in [2.24, 2.45) is 0 Å². The highest BCUT2D eigenvalue weighted by Gasteiger charge is 2.07. The van der Waals surface area contributed by atoms with Gasteiger partial charge in [-0.3, -0.25) is 9.59 Å². The molecule has 0 bridgehead atoms. The summed E-state index contributed by atoms with van der Waals surface area (Å²) in [5.41, 5.74) is 1.16. The number of amides is 1. The zero-order valence-electron chi connectivity index (χ0n) is 7.71. The normalized spacial score (nSPS) is 9.57. The van der Waals surface area contributed by atoms with Crippen LogP contribution in [0.25, 0.3) is 0 Å². The second-order valence-corrected chi connectivity index (χ2v) is 3.18. The number of carbonyl (C=O) groups is 2. The molecule has 0 radical (unpaired) electrons. The number of nitrogens with one attached hydrogen (secondary N) is 1. The fourth-order valence-electron chi connectivity index (χ4n) is 1.09. The maximum absolute atomic E-state index is 11.0. The first-order valence-electron chi connectivity index (χ1n) is 4.13. The van der Waals surface area contributed by atoms with Crippen molar-refractivity contribution in [1.82, 2.24) is 5.32 Å². The fraction of sp³-hybridized carbons (Fsp3) is 0.200. The zero-order chi connectivity index (χ0) is 10.6. The monoisotopic (exact) mass is 211 g/mol. The minimum atomic E-state index is -0.508. The Kier molecular flexibility index (Phi) is 3.65. The summed E-state index contributed by atoms with van der Waals surface area (Å²) in [5.74, 6) is -0.137. The molecule has 1 aromatic rings. The number of halogens is 1. The van der Waals surface area contributed by atoms with Crippen molar-refractivity contribution in [3.8, 4) is 0 Å². The van der Waals surface area contributed by atoms with E-state index >= 15 is 0 Å². The Labute approximate surface area is 87.1 Å². The molecule has 3 nitrogen and oxygen atoms in total. The van der Waals surface area contributed by atoms with Crippen molar-refractivity contribution in [2.75, 3.05) is 0 Å². The van der Waals surface area contributed by atoms with Crippen LogP contribution < -0.4 is 5.32 Å². The van der Waals surface area contributed by atoms with Gasteiger partial charge in [-0.15, -0.1) is 0 Å². The second-order valence-electron chi connectivity index (χ2n) is 2.84. The lowest BCUT2D eigenvalue weighted by molar-refractivity contribution is -0.119. The number of hydrogen-bond acceptors (Lipinski definition) is 2. The van der Waals surface area contributed by atoms with Crippen LogP contribution in [-0.2, 0) is 11.3 Å². The van der Waals surface area contributed by atoms with Crippen LogP contribution in [0, 0.1) is 0 Å². The minimum Gasteiger partial charge on any atom is -0.352 e. The van der Waals surface area contributed by atoms with Crippen molar-refractivity contribution in [2.45, 2.75) is 13.5 Å². The lowest BCUT2D eigenvalue weighted by Gasteiger charge is -2.05. The Bertz CT molecular complexity index is 363. The van der Waals surface area contributed by atoms with Gasteiger partial charge in [0.15, 0.2) is 0 Å². The van der Waals surface area contributed by atoms with Crippen LogP contribution in [0.2, 0.25) is 0 Å². The maximum atomic E-state index is 11.0. The van der Waals surface area contributed by atoms with E-state index in [1.54, 1.807) is 24.3 Å². The summed E-state index contributed by atoms with van der Waals surface area (Å²) in [7, 11) is 0. The van der Waals surface area contributed by atoms with Crippen molar-refractivity contribution in [3.63, 3.8) is 0 Å². The topological polar surface area (TPSA) is 46.2 Å². The average molecular weight is 212 g/mol. The first kappa shape index (κ1) is 10.7. The summed E-state index contributed by atoms with van der Waals surface area (Å²) in [4.78, 5) is 21.6. The third-order valence-electron chi connectivity index (χ3n) is 1.76. The minimum absolute atomic E-state index is 0.137. The smallest absolute Gasteiger partial charge is 0.252 e. The third kappa shape index (κ3) is 2.85. The van der Waals surface area contributed by atoms with E-state index in [4.69, 9.17) is 11.6 Å². The van der Waals surface area contributed by atoms with E-state index in [2.05, 4.69) is 5.32 Å². The molecule has 0 saturated heterocycles. The Hall–Kier alpha value is -1.35. The van der Waals surface area contributed by atoms with Crippen LogP contribution in [0.4, 0.5) is 0 Å². The van der Waals surface area contributed by atoms with Crippen molar-refractivity contribution in [1.29, 1.82) is 0 Å². The van der Waals surface area contributed by atoms with E-state index in [0.29, 0.717) is 12.1 Å². The molecular formula is C10H10ClNO2. The average Bonchev–Trinajstić information content (AvgIpc) is 2.15. The molecule has 1 N–H and O–H groups in total. The molecule has 0 saturated carbocycles. The standard InChI is InChI=1S/C10H10ClNO2/c1-7(13)12-6-8-4-2-3-5-9(8)10(11)14/h2-5H,6H2,1H3,(H,12,13). The van der Waals surface area contributed by atoms with E-state index in [-0.39, 0.29) is 5.91 Å². The van der Waals surface area contributed by atoms with Gasteiger partial charge in [-0.2, -0.15) is 0 Å². The highest BCUT2D eigenvalue weighted by molar-refractivity contribution is 6.67. The second kappa shape index (κ2) is 4.77. The van der Waals surface area contributed by atoms with Gasteiger partial charge < -0.3 is 5.32 Å². The van der Waals surface area contributed by atoms with Crippen molar-refractivity contribution in [3.05, 3.63) is 35.4 Å². The van der Waals surface area contributed by atoms with Gasteiger partial charge in [0.05, 0.1) is 0 Å². The molecule has 0 unspecified atom stereocenters. The quantitative estimate of drug-likeness (QED) is 0.774. The summed E-state index contributed by atoms with van der Waals surface area (Å²) in [6.45, 7) is 1.75. The summed E-state index contributed by atoms with van der Waals surface area (Å²) in [5, 5.41) is 2.10. The predicted molar refractivity (Wildman–Crippen MR) is 54.1 cm³/mol. The molecule has 1 amide bonds. The molecule has 0 aromatic heterocycles. The zero-order valence-corrected chi connectivity index (χ0v) is 8.47. The Morgan fingerprint density at radius 2 is 2.00 bits per heavy atom. The van der Waals surface area contributed by atoms with E-state index in [0.717, 1.165) is 5.56 Å². The summed E-state index contributed by atoms with van der Waals surface area (Å²) >= 11 is 5.37. The lowest BCUT2D eigenvalue weighted by Crippen LogP contribution is -2.20. The van der Waals surface area contributed by atoms with Gasteiger partial charge in [-0.05, 0) is 23.2 Å². The van der Waals surface area contributed by atoms with Gasteiger partial charge in [0.2, 0.25) is 5.91 Å². The van der Waals surface area contributed by atoms with Crippen LogP contribution in [0.5, 0.6) is 0 Å². The number of rotatable bonds is 3. The molecule has 4 heteroatoms. The number of benzene rings is 1. The largest absolute Gasteiger partial charge is 0.352 e. The molecule has 0 heterocycles. The third-order valence-corrected chi connectivity index (χ3v) is 1.96.